The van der Waals surface area contributed by atoms with Crippen molar-refractivity contribution in [1.29, 1.82) is 0 Å². The molecule has 4 heteroatoms. The van der Waals surface area contributed by atoms with Gasteiger partial charge in [0.05, 0.1) is 0 Å². The van der Waals surface area contributed by atoms with Gasteiger partial charge in [-0.25, -0.2) is 0 Å². The van der Waals surface area contributed by atoms with Gasteiger partial charge in [0, 0.05) is 11.1 Å². The topological polar surface area (TPSA) is 46.5 Å². The van der Waals surface area contributed by atoms with Crippen LogP contribution in [-0.2, 0) is 6.42 Å². The molecule has 0 aromatic heterocycles. The lowest BCUT2D eigenvalue weighted by Crippen LogP contribution is -2.07. The zero-order valence-electron chi connectivity index (χ0n) is 12.7. The van der Waals surface area contributed by atoms with Gasteiger partial charge in [-0.15, -0.1) is 12.6 Å². The first-order chi connectivity index (χ1) is 10.5. The SMILES string of the molecule is CCc1cc(C(=O)CO)ccc1OC(S)c1cccc(C)c1. The number of aliphatic hydroxyl groups excluding tert-OH is 1. The van der Waals surface area contributed by atoms with Gasteiger partial charge in [-0.3, -0.25) is 4.79 Å². The highest BCUT2D eigenvalue weighted by molar-refractivity contribution is 7.80. The van der Waals surface area contributed by atoms with E-state index in [0.717, 1.165) is 23.1 Å². The minimum atomic E-state index is -0.484. The molecule has 0 radical (unpaired) electrons. The molecule has 0 fully saturated rings. The van der Waals surface area contributed by atoms with E-state index in [4.69, 9.17) is 9.84 Å². The summed E-state index contributed by atoms with van der Waals surface area (Å²) in [5.74, 6) is 0.417. The lowest BCUT2D eigenvalue weighted by Gasteiger charge is -2.17. The van der Waals surface area contributed by atoms with Crippen LogP contribution in [0.1, 0.15) is 39.4 Å². The molecule has 0 saturated heterocycles. The summed E-state index contributed by atoms with van der Waals surface area (Å²) in [6.45, 7) is 3.54. The number of Topliss-reactive ketones (excluding diaryl/α,β-unsaturated/α-hetero) is 1. The molecule has 2 aromatic carbocycles. The molecule has 0 spiro atoms. The van der Waals surface area contributed by atoms with Crippen LogP contribution in [0, 0.1) is 6.92 Å². The molecular formula is C18H20O3S. The molecule has 0 bridgehead atoms. The van der Waals surface area contributed by atoms with Crippen LogP contribution in [-0.4, -0.2) is 17.5 Å². The fourth-order valence-corrected chi connectivity index (χ4v) is 2.52. The van der Waals surface area contributed by atoms with Crippen LogP contribution in [0.3, 0.4) is 0 Å². The second-order valence-corrected chi connectivity index (χ2v) is 5.61. The monoisotopic (exact) mass is 316 g/mol. The molecule has 2 aromatic rings. The number of carbonyl (C=O) groups is 1. The van der Waals surface area contributed by atoms with Crippen LogP contribution in [0.2, 0.25) is 0 Å². The first-order valence-electron chi connectivity index (χ1n) is 7.23. The number of aliphatic hydroxyl groups is 1. The number of hydrogen-bond acceptors (Lipinski definition) is 4. The van der Waals surface area contributed by atoms with Crippen LogP contribution in [0.15, 0.2) is 42.5 Å². The fraction of sp³-hybridized carbons (Fsp3) is 0.278. The standard InChI is InChI=1S/C18H20O3S/c1-3-13-10-14(16(20)11-19)7-8-17(13)21-18(22)15-6-4-5-12(2)9-15/h4-10,18-19,22H,3,11H2,1-2H3. The van der Waals surface area contributed by atoms with E-state index < -0.39 is 6.61 Å². The smallest absolute Gasteiger partial charge is 0.188 e. The van der Waals surface area contributed by atoms with Gasteiger partial charge in [-0.2, -0.15) is 0 Å². The van der Waals surface area contributed by atoms with Gasteiger partial charge in [0.1, 0.15) is 12.4 Å². The highest BCUT2D eigenvalue weighted by Gasteiger charge is 2.13. The summed E-state index contributed by atoms with van der Waals surface area (Å²) in [4.78, 5) is 11.6. The fourth-order valence-electron chi connectivity index (χ4n) is 2.25. The Hall–Kier alpha value is -1.78. The average molecular weight is 316 g/mol. The maximum absolute atomic E-state index is 11.6. The van der Waals surface area contributed by atoms with Crippen molar-refractivity contribution in [1.82, 2.24) is 0 Å². The van der Waals surface area contributed by atoms with Crippen LogP contribution >= 0.6 is 12.6 Å². The largest absolute Gasteiger partial charge is 0.475 e. The molecule has 0 aliphatic rings. The van der Waals surface area contributed by atoms with E-state index in [9.17, 15) is 4.79 Å². The number of thiol groups is 1. The molecule has 0 amide bonds. The lowest BCUT2D eigenvalue weighted by molar-refractivity contribution is 0.0903. The van der Waals surface area contributed by atoms with Crippen LogP contribution < -0.4 is 4.74 Å². The number of ketones is 1. The third-order valence-corrected chi connectivity index (χ3v) is 3.88. The number of ether oxygens (including phenoxy) is 1. The Morgan fingerprint density at radius 2 is 2.05 bits per heavy atom. The lowest BCUT2D eigenvalue weighted by atomic mass is 10.0. The van der Waals surface area contributed by atoms with Crippen molar-refractivity contribution < 1.29 is 14.6 Å². The van der Waals surface area contributed by atoms with Gasteiger partial charge in [-0.05, 0) is 37.1 Å². The Morgan fingerprint density at radius 3 is 2.68 bits per heavy atom. The summed E-state index contributed by atoms with van der Waals surface area (Å²) in [5.41, 5.74) is 3.19. The van der Waals surface area contributed by atoms with E-state index >= 15 is 0 Å². The van der Waals surface area contributed by atoms with Crippen molar-refractivity contribution in [2.45, 2.75) is 25.7 Å². The molecule has 1 N–H and O–H groups in total. The maximum Gasteiger partial charge on any atom is 0.188 e. The second-order valence-electron chi connectivity index (χ2n) is 5.14. The summed E-state index contributed by atoms with van der Waals surface area (Å²) in [6, 6.07) is 13.2. The van der Waals surface area contributed by atoms with E-state index in [1.165, 1.54) is 0 Å². The molecule has 0 aliphatic heterocycles. The molecule has 2 rings (SSSR count). The first kappa shape index (κ1) is 16.6. The van der Waals surface area contributed by atoms with E-state index in [1.807, 2.05) is 38.1 Å². The van der Waals surface area contributed by atoms with E-state index in [2.05, 4.69) is 12.6 Å². The normalized spacial score (nSPS) is 12.0. The number of aryl methyl sites for hydroxylation is 2. The third kappa shape index (κ3) is 3.90. The van der Waals surface area contributed by atoms with Gasteiger partial charge in [0.2, 0.25) is 0 Å². The molecule has 1 unspecified atom stereocenters. The molecule has 3 nitrogen and oxygen atoms in total. The summed E-state index contributed by atoms with van der Waals surface area (Å²) in [6.07, 6.45) is 0.732. The Morgan fingerprint density at radius 1 is 1.27 bits per heavy atom. The minimum Gasteiger partial charge on any atom is -0.475 e. The first-order valence-corrected chi connectivity index (χ1v) is 7.75. The van der Waals surface area contributed by atoms with Crippen molar-refractivity contribution in [2.75, 3.05) is 6.61 Å². The molecule has 116 valence electrons. The minimum absolute atomic E-state index is 0.289. The Bertz CT molecular complexity index is 667. The predicted molar refractivity (Wildman–Crippen MR) is 90.8 cm³/mol. The molecule has 0 aliphatic carbocycles. The predicted octanol–water partition coefficient (Wildman–Crippen LogP) is 3.74. The van der Waals surface area contributed by atoms with Crippen molar-refractivity contribution in [3.8, 4) is 5.75 Å². The highest BCUT2D eigenvalue weighted by atomic mass is 32.1. The number of rotatable bonds is 6. The molecular weight excluding hydrogens is 296 g/mol. The zero-order chi connectivity index (χ0) is 16.1. The summed E-state index contributed by atoms with van der Waals surface area (Å²) < 4.78 is 5.94. The summed E-state index contributed by atoms with van der Waals surface area (Å²) >= 11 is 4.52. The number of hydrogen-bond donors (Lipinski definition) is 2. The average Bonchev–Trinajstić information content (AvgIpc) is 2.54. The van der Waals surface area contributed by atoms with Gasteiger partial charge >= 0.3 is 0 Å². The molecule has 1 atom stereocenters. The molecule has 22 heavy (non-hydrogen) atoms. The van der Waals surface area contributed by atoms with Gasteiger partial charge in [-0.1, -0.05) is 36.8 Å². The van der Waals surface area contributed by atoms with E-state index in [-0.39, 0.29) is 11.2 Å². The Labute approximate surface area is 136 Å². The van der Waals surface area contributed by atoms with Crippen molar-refractivity contribution in [3.63, 3.8) is 0 Å². The van der Waals surface area contributed by atoms with Crippen molar-refractivity contribution in [2.24, 2.45) is 0 Å². The Kier molecular flexibility index (Phi) is 5.63. The number of carbonyl (C=O) groups excluding carboxylic acids is 1. The van der Waals surface area contributed by atoms with Crippen molar-refractivity contribution >= 4 is 18.4 Å². The maximum atomic E-state index is 11.6. The summed E-state index contributed by atoms with van der Waals surface area (Å²) in [7, 11) is 0. The van der Waals surface area contributed by atoms with E-state index in [1.54, 1.807) is 18.2 Å². The second kappa shape index (κ2) is 7.47. The highest BCUT2D eigenvalue weighted by Crippen LogP contribution is 2.29. The number of benzene rings is 2. The molecule has 0 saturated carbocycles. The Balaban J connectivity index is 2.23. The van der Waals surface area contributed by atoms with Crippen LogP contribution in [0.25, 0.3) is 0 Å². The van der Waals surface area contributed by atoms with Crippen molar-refractivity contribution in [3.05, 3.63) is 64.7 Å². The van der Waals surface area contributed by atoms with Gasteiger partial charge < -0.3 is 9.84 Å². The van der Waals surface area contributed by atoms with Crippen LogP contribution in [0.4, 0.5) is 0 Å². The van der Waals surface area contributed by atoms with Gasteiger partial charge in [0.25, 0.3) is 0 Å². The quantitative estimate of drug-likeness (QED) is 0.485. The van der Waals surface area contributed by atoms with Gasteiger partial charge in [0.15, 0.2) is 11.2 Å². The van der Waals surface area contributed by atoms with E-state index in [0.29, 0.717) is 11.3 Å². The zero-order valence-corrected chi connectivity index (χ0v) is 13.6. The summed E-state index contributed by atoms with van der Waals surface area (Å²) in [5, 5.41) is 8.95. The van der Waals surface area contributed by atoms with Crippen LogP contribution in [0.5, 0.6) is 5.75 Å². The third-order valence-electron chi connectivity index (χ3n) is 3.47. The molecule has 0 heterocycles.